The molecule has 0 saturated heterocycles. The average Bonchev–Trinajstić information content (AvgIpc) is 2.29. The molecule has 0 aliphatic heterocycles. The van der Waals surface area contributed by atoms with Crippen molar-refractivity contribution in [1.82, 2.24) is 5.32 Å². The molecule has 0 heterocycles. The second-order valence-electron chi connectivity index (χ2n) is 6.22. The van der Waals surface area contributed by atoms with Crippen LogP contribution in [-0.4, -0.2) is 17.7 Å². The Morgan fingerprint density at radius 3 is 2.40 bits per heavy atom. The second-order valence-corrected chi connectivity index (χ2v) is 6.22. The van der Waals surface area contributed by atoms with Gasteiger partial charge in [0.15, 0.2) is 5.78 Å². The molecule has 3 nitrogen and oxygen atoms in total. The predicted molar refractivity (Wildman–Crippen MR) is 76.9 cm³/mol. The van der Waals surface area contributed by atoms with Gasteiger partial charge in [0, 0.05) is 0 Å². The molecule has 1 unspecified atom stereocenters. The Labute approximate surface area is 119 Å². The molecule has 1 N–H and O–H groups in total. The molecule has 0 saturated carbocycles. The van der Waals surface area contributed by atoms with E-state index in [9.17, 15) is 14.0 Å². The summed E-state index contributed by atoms with van der Waals surface area (Å²) in [5.74, 6) is -0.715. The van der Waals surface area contributed by atoms with E-state index in [-0.39, 0.29) is 29.3 Å². The maximum atomic E-state index is 13.2. The summed E-state index contributed by atoms with van der Waals surface area (Å²) in [6.07, 6.45) is 0.0729. The molecule has 20 heavy (non-hydrogen) atoms. The van der Waals surface area contributed by atoms with Crippen molar-refractivity contribution < 1.29 is 14.0 Å². The average molecular weight is 279 g/mol. The van der Waals surface area contributed by atoms with Crippen LogP contribution in [0.5, 0.6) is 0 Å². The Balaban J connectivity index is 2.81. The maximum Gasteiger partial charge on any atom is 0.225 e. The summed E-state index contributed by atoms with van der Waals surface area (Å²) < 4.78 is 13.2. The highest BCUT2D eigenvalue weighted by Gasteiger charge is 2.30. The fourth-order valence-electron chi connectivity index (χ4n) is 2.14. The molecule has 1 aromatic rings. The van der Waals surface area contributed by atoms with Crippen molar-refractivity contribution in [1.29, 1.82) is 0 Å². The molecule has 110 valence electrons. The first-order valence-corrected chi connectivity index (χ1v) is 6.66. The van der Waals surface area contributed by atoms with Crippen LogP contribution in [0.2, 0.25) is 0 Å². The first-order chi connectivity index (χ1) is 9.11. The number of aryl methyl sites for hydroxylation is 1. The lowest BCUT2D eigenvalue weighted by molar-refractivity contribution is -0.128. The summed E-state index contributed by atoms with van der Waals surface area (Å²) in [5, 5.41) is 2.74. The quantitative estimate of drug-likeness (QED) is 0.921. The zero-order valence-corrected chi connectivity index (χ0v) is 12.7. The first kappa shape index (κ1) is 16.3. The monoisotopic (exact) mass is 279 g/mol. The van der Waals surface area contributed by atoms with Crippen LogP contribution in [0.25, 0.3) is 0 Å². The van der Waals surface area contributed by atoms with E-state index in [4.69, 9.17) is 0 Å². The van der Waals surface area contributed by atoms with Gasteiger partial charge in [-0.2, -0.15) is 0 Å². The molecule has 1 amide bonds. The standard InChI is InChI=1S/C16H22FNO2/c1-10-6-7-13(17)8-12(10)9-14(20)18-15(11(2)19)16(3,4)5/h6-8,15H,9H2,1-5H3,(H,18,20). The number of ketones is 1. The number of carbonyl (C=O) groups is 2. The van der Waals surface area contributed by atoms with Crippen LogP contribution in [0.3, 0.4) is 0 Å². The highest BCUT2D eigenvalue weighted by Crippen LogP contribution is 2.20. The number of amides is 1. The summed E-state index contributed by atoms with van der Waals surface area (Å²) >= 11 is 0. The van der Waals surface area contributed by atoms with E-state index < -0.39 is 6.04 Å². The van der Waals surface area contributed by atoms with Gasteiger partial charge in [-0.25, -0.2) is 4.39 Å². The third-order valence-corrected chi connectivity index (χ3v) is 3.24. The molecule has 0 fully saturated rings. The summed E-state index contributed by atoms with van der Waals surface area (Å²) in [7, 11) is 0. The smallest absolute Gasteiger partial charge is 0.225 e. The molecule has 1 rings (SSSR count). The van der Waals surface area contributed by atoms with Crippen molar-refractivity contribution in [2.24, 2.45) is 5.41 Å². The van der Waals surface area contributed by atoms with Gasteiger partial charge >= 0.3 is 0 Å². The van der Waals surface area contributed by atoms with Crippen LogP contribution in [-0.2, 0) is 16.0 Å². The molecule has 1 atom stereocenters. The minimum atomic E-state index is -0.538. The van der Waals surface area contributed by atoms with Gasteiger partial charge in [0.25, 0.3) is 0 Å². The van der Waals surface area contributed by atoms with E-state index in [0.717, 1.165) is 5.56 Å². The van der Waals surface area contributed by atoms with Gasteiger partial charge in [-0.05, 0) is 42.5 Å². The fraction of sp³-hybridized carbons (Fsp3) is 0.500. The largest absolute Gasteiger partial charge is 0.345 e. The highest BCUT2D eigenvalue weighted by molar-refractivity contribution is 5.89. The first-order valence-electron chi connectivity index (χ1n) is 6.66. The number of rotatable bonds is 4. The molecule has 4 heteroatoms. The summed E-state index contributed by atoms with van der Waals surface area (Å²) in [5.41, 5.74) is 1.15. The zero-order valence-electron chi connectivity index (χ0n) is 12.7. The van der Waals surface area contributed by atoms with Crippen LogP contribution in [0.1, 0.15) is 38.8 Å². The van der Waals surface area contributed by atoms with Crippen LogP contribution < -0.4 is 5.32 Å². The van der Waals surface area contributed by atoms with E-state index in [1.165, 1.54) is 19.1 Å². The number of benzene rings is 1. The Hall–Kier alpha value is -1.71. The Morgan fingerprint density at radius 1 is 1.30 bits per heavy atom. The third-order valence-electron chi connectivity index (χ3n) is 3.24. The minimum absolute atomic E-state index is 0.0729. The number of carbonyl (C=O) groups excluding carboxylic acids is 2. The number of halogens is 1. The second kappa shape index (κ2) is 6.16. The van der Waals surface area contributed by atoms with Crippen molar-refractivity contribution in [3.05, 3.63) is 35.1 Å². The van der Waals surface area contributed by atoms with Crippen LogP contribution >= 0.6 is 0 Å². The summed E-state index contributed by atoms with van der Waals surface area (Å²) in [4.78, 5) is 23.7. The van der Waals surface area contributed by atoms with E-state index in [2.05, 4.69) is 5.32 Å². The van der Waals surface area contributed by atoms with E-state index in [1.54, 1.807) is 6.07 Å². The number of hydrogen-bond donors (Lipinski definition) is 1. The van der Waals surface area contributed by atoms with Gasteiger partial charge in [0.1, 0.15) is 5.82 Å². The third kappa shape index (κ3) is 4.44. The predicted octanol–water partition coefficient (Wildman–Crippen LogP) is 2.80. The Kier molecular flexibility index (Phi) is 5.03. The highest BCUT2D eigenvalue weighted by atomic mass is 19.1. The molecule has 0 bridgehead atoms. The van der Waals surface area contributed by atoms with Crippen molar-refractivity contribution >= 4 is 11.7 Å². The molecule has 0 aromatic heterocycles. The molecular weight excluding hydrogens is 257 g/mol. The van der Waals surface area contributed by atoms with Gasteiger partial charge in [0.05, 0.1) is 12.5 Å². The summed E-state index contributed by atoms with van der Waals surface area (Å²) in [6, 6.07) is 3.83. The van der Waals surface area contributed by atoms with Crippen molar-refractivity contribution in [2.45, 2.75) is 47.1 Å². The van der Waals surface area contributed by atoms with E-state index in [1.807, 2.05) is 27.7 Å². The topological polar surface area (TPSA) is 46.2 Å². The molecule has 0 radical (unpaired) electrons. The number of nitrogens with one attached hydrogen (secondary N) is 1. The van der Waals surface area contributed by atoms with Crippen molar-refractivity contribution in [3.8, 4) is 0 Å². The molecule has 0 aliphatic carbocycles. The van der Waals surface area contributed by atoms with Crippen LogP contribution in [0, 0.1) is 18.2 Å². The SMILES string of the molecule is CC(=O)C(NC(=O)Cc1cc(F)ccc1C)C(C)(C)C. The summed E-state index contributed by atoms with van der Waals surface area (Å²) in [6.45, 7) is 8.98. The molecular formula is C16H22FNO2. The zero-order chi connectivity index (χ0) is 15.5. The minimum Gasteiger partial charge on any atom is -0.345 e. The van der Waals surface area contributed by atoms with E-state index in [0.29, 0.717) is 5.56 Å². The van der Waals surface area contributed by atoms with Gasteiger partial charge in [-0.15, -0.1) is 0 Å². The Bertz CT molecular complexity index is 518. The number of Topliss-reactive ketones (excluding diaryl/α,β-unsaturated/α-hetero) is 1. The van der Waals surface area contributed by atoms with Gasteiger partial charge < -0.3 is 5.32 Å². The van der Waals surface area contributed by atoms with Gasteiger partial charge in [0.2, 0.25) is 5.91 Å². The van der Waals surface area contributed by atoms with Crippen molar-refractivity contribution in [2.75, 3.05) is 0 Å². The Morgan fingerprint density at radius 2 is 1.90 bits per heavy atom. The van der Waals surface area contributed by atoms with Crippen molar-refractivity contribution in [3.63, 3.8) is 0 Å². The number of hydrogen-bond acceptors (Lipinski definition) is 2. The molecule has 0 aliphatic rings. The lowest BCUT2D eigenvalue weighted by Gasteiger charge is -2.29. The molecule has 0 spiro atoms. The van der Waals surface area contributed by atoms with Gasteiger partial charge in [-0.1, -0.05) is 26.8 Å². The van der Waals surface area contributed by atoms with Crippen LogP contribution in [0.15, 0.2) is 18.2 Å². The van der Waals surface area contributed by atoms with Crippen LogP contribution in [0.4, 0.5) is 4.39 Å². The lowest BCUT2D eigenvalue weighted by Crippen LogP contribution is -2.48. The maximum absolute atomic E-state index is 13.2. The normalized spacial score (nSPS) is 12.9. The van der Waals surface area contributed by atoms with E-state index >= 15 is 0 Å². The van der Waals surface area contributed by atoms with Gasteiger partial charge in [-0.3, -0.25) is 9.59 Å². The molecule has 1 aromatic carbocycles. The fourth-order valence-corrected chi connectivity index (χ4v) is 2.14. The lowest BCUT2D eigenvalue weighted by atomic mass is 9.84.